The average Bonchev–Trinajstić information content (AvgIpc) is 3.52. The average molecular weight is 684 g/mol. The van der Waals surface area contributed by atoms with Crippen molar-refractivity contribution in [3.8, 4) is 0 Å². The first-order valence-electron chi connectivity index (χ1n) is 18.7. The number of rotatable bonds is 5. The van der Waals surface area contributed by atoms with Crippen LogP contribution in [0.3, 0.4) is 0 Å². The van der Waals surface area contributed by atoms with Crippen molar-refractivity contribution in [2.45, 2.75) is 39.2 Å². The molecule has 0 fully saturated rings. The van der Waals surface area contributed by atoms with E-state index in [4.69, 9.17) is 0 Å². The number of para-hydroxylation sites is 3. The fourth-order valence-corrected chi connectivity index (χ4v) is 8.93. The Kier molecular flexibility index (Phi) is 7.03. The first-order valence-corrected chi connectivity index (χ1v) is 18.7. The van der Waals surface area contributed by atoms with Crippen molar-refractivity contribution in [3.05, 3.63) is 181 Å². The lowest BCUT2D eigenvalue weighted by atomic mass is 9.73. The van der Waals surface area contributed by atoms with Gasteiger partial charge >= 0.3 is 0 Å². The molecule has 0 amide bonds. The van der Waals surface area contributed by atoms with Crippen molar-refractivity contribution in [2.75, 3.05) is 9.80 Å². The second-order valence-corrected chi connectivity index (χ2v) is 15.2. The van der Waals surface area contributed by atoms with Crippen LogP contribution in [0.2, 0.25) is 0 Å². The molecule has 1 aromatic heterocycles. The Morgan fingerprint density at radius 1 is 0.472 bits per heavy atom. The maximum Gasteiger partial charge on any atom is 0.0540 e. The van der Waals surface area contributed by atoms with Gasteiger partial charge in [-0.1, -0.05) is 117 Å². The first kappa shape index (κ1) is 31.4. The summed E-state index contributed by atoms with van der Waals surface area (Å²) in [4.78, 5) is 4.88. The highest BCUT2D eigenvalue weighted by molar-refractivity contribution is 6.11. The minimum Gasteiger partial charge on any atom is -0.338 e. The van der Waals surface area contributed by atoms with Crippen LogP contribution in [0.5, 0.6) is 0 Å². The molecule has 0 spiro atoms. The second-order valence-electron chi connectivity index (χ2n) is 15.2. The maximum absolute atomic E-state index is 2.51. The Balaban J connectivity index is 1.16. The van der Waals surface area contributed by atoms with Crippen LogP contribution in [0.1, 0.15) is 44.9 Å². The summed E-state index contributed by atoms with van der Waals surface area (Å²) in [6, 6.07) is 62.9. The molecule has 0 saturated carbocycles. The number of aromatic nitrogens is 1. The van der Waals surface area contributed by atoms with Crippen molar-refractivity contribution in [1.82, 2.24) is 4.57 Å². The third-order valence-corrected chi connectivity index (χ3v) is 11.4. The molecule has 53 heavy (non-hydrogen) atoms. The highest BCUT2D eigenvalue weighted by atomic mass is 15.2. The van der Waals surface area contributed by atoms with E-state index in [1.165, 1.54) is 71.5 Å². The molecule has 0 radical (unpaired) electrons. The van der Waals surface area contributed by atoms with Gasteiger partial charge in [0, 0.05) is 50.2 Å². The molecule has 0 aliphatic carbocycles. The number of hydrogen-bond donors (Lipinski definition) is 0. The summed E-state index contributed by atoms with van der Waals surface area (Å²) >= 11 is 0. The lowest BCUT2D eigenvalue weighted by Crippen LogP contribution is -2.30. The normalized spacial score (nSPS) is 13.6. The second kappa shape index (κ2) is 11.9. The number of hydrogen-bond acceptors (Lipinski definition) is 2. The Labute approximate surface area is 311 Å². The van der Waals surface area contributed by atoms with Crippen LogP contribution < -0.4 is 9.80 Å². The standard InChI is InChI=1S/C50H41N3/c1-33(2)51-46-22-12-10-20-41(46)42-31-44-49(32-48(42)51)53(47-23-13-11-21-43(47)50(44,3)4)39-28-26-35-29-38(27-25-36(35)30-39)52(37-17-6-5-7-18-37)45-24-14-16-34-15-8-9-19-40(34)45/h5-33H,1-4H3. The zero-order valence-electron chi connectivity index (χ0n) is 30.6. The molecule has 2 heterocycles. The largest absolute Gasteiger partial charge is 0.338 e. The van der Waals surface area contributed by atoms with E-state index in [9.17, 15) is 0 Å². The summed E-state index contributed by atoms with van der Waals surface area (Å²) in [6.45, 7) is 9.34. The van der Waals surface area contributed by atoms with Crippen LogP contribution in [0, 0.1) is 0 Å². The van der Waals surface area contributed by atoms with Gasteiger partial charge in [-0.25, -0.2) is 0 Å². The van der Waals surface area contributed by atoms with Crippen LogP contribution in [-0.4, -0.2) is 4.57 Å². The lowest BCUT2D eigenvalue weighted by molar-refractivity contribution is 0.630. The summed E-state index contributed by atoms with van der Waals surface area (Å²) in [5.74, 6) is 0. The molecule has 0 unspecified atom stereocenters. The molecule has 1 aliphatic rings. The SMILES string of the molecule is CC(C)n1c2ccccc2c2cc3c(cc21)N(c1ccc2cc(N(c4ccccc4)c4cccc5ccccc45)ccc2c1)c1ccccc1C3(C)C. The van der Waals surface area contributed by atoms with Crippen LogP contribution in [0.15, 0.2) is 170 Å². The summed E-state index contributed by atoms with van der Waals surface area (Å²) in [5, 5.41) is 7.50. The van der Waals surface area contributed by atoms with Crippen LogP contribution in [-0.2, 0) is 5.41 Å². The highest BCUT2D eigenvalue weighted by Crippen LogP contribution is 2.54. The van der Waals surface area contributed by atoms with Gasteiger partial charge in [-0.05, 0) is 108 Å². The fraction of sp³-hybridized carbons (Fsp3) is 0.120. The van der Waals surface area contributed by atoms with Gasteiger partial charge in [0.25, 0.3) is 0 Å². The molecule has 8 aromatic carbocycles. The predicted molar refractivity (Wildman–Crippen MR) is 226 cm³/mol. The summed E-state index contributed by atoms with van der Waals surface area (Å²) in [7, 11) is 0. The summed E-state index contributed by atoms with van der Waals surface area (Å²) in [5.41, 5.74) is 12.1. The van der Waals surface area contributed by atoms with E-state index >= 15 is 0 Å². The minimum atomic E-state index is -0.175. The molecule has 10 rings (SSSR count). The van der Waals surface area contributed by atoms with Crippen molar-refractivity contribution in [1.29, 1.82) is 0 Å². The molecule has 1 aliphatic heterocycles. The topological polar surface area (TPSA) is 11.4 Å². The smallest absolute Gasteiger partial charge is 0.0540 e. The van der Waals surface area contributed by atoms with Gasteiger partial charge in [-0.2, -0.15) is 0 Å². The zero-order valence-corrected chi connectivity index (χ0v) is 30.6. The number of benzene rings is 8. The molecule has 0 N–H and O–H groups in total. The predicted octanol–water partition coefficient (Wildman–Crippen LogP) is 14.3. The first-order chi connectivity index (χ1) is 25.9. The quantitative estimate of drug-likeness (QED) is 0.179. The van der Waals surface area contributed by atoms with E-state index < -0.39 is 0 Å². The van der Waals surface area contributed by atoms with Crippen molar-refractivity contribution in [3.63, 3.8) is 0 Å². The van der Waals surface area contributed by atoms with Gasteiger partial charge in [-0.3, -0.25) is 0 Å². The van der Waals surface area contributed by atoms with E-state index in [-0.39, 0.29) is 5.41 Å². The molecule has 3 heteroatoms. The summed E-state index contributed by atoms with van der Waals surface area (Å²) < 4.78 is 2.51. The van der Waals surface area contributed by atoms with Crippen molar-refractivity contribution >= 4 is 77.5 Å². The fourth-order valence-electron chi connectivity index (χ4n) is 8.93. The van der Waals surface area contributed by atoms with Gasteiger partial charge in [0.05, 0.1) is 22.6 Å². The number of fused-ring (bicyclic) bond motifs is 7. The van der Waals surface area contributed by atoms with E-state index in [0.29, 0.717) is 6.04 Å². The molecule has 256 valence electrons. The van der Waals surface area contributed by atoms with Crippen molar-refractivity contribution < 1.29 is 0 Å². The van der Waals surface area contributed by atoms with Gasteiger partial charge in [-0.15, -0.1) is 0 Å². The summed E-state index contributed by atoms with van der Waals surface area (Å²) in [6.07, 6.45) is 0. The Hall–Kier alpha value is -6.32. The third-order valence-electron chi connectivity index (χ3n) is 11.4. The van der Waals surface area contributed by atoms with Gasteiger partial charge in [0.1, 0.15) is 0 Å². The van der Waals surface area contributed by atoms with E-state index in [2.05, 4.69) is 212 Å². The minimum absolute atomic E-state index is 0.175. The van der Waals surface area contributed by atoms with Crippen LogP contribution in [0.25, 0.3) is 43.4 Å². The molecule has 3 nitrogen and oxygen atoms in total. The van der Waals surface area contributed by atoms with E-state index in [1.54, 1.807) is 0 Å². The molecular weight excluding hydrogens is 643 g/mol. The Morgan fingerprint density at radius 2 is 1.17 bits per heavy atom. The van der Waals surface area contributed by atoms with E-state index in [1.807, 2.05) is 0 Å². The van der Waals surface area contributed by atoms with Gasteiger partial charge < -0.3 is 14.4 Å². The van der Waals surface area contributed by atoms with Gasteiger partial charge in [0.15, 0.2) is 0 Å². The highest BCUT2D eigenvalue weighted by Gasteiger charge is 2.37. The lowest BCUT2D eigenvalue weighted by Gasteiger charge is -2.42. The number of anilines is 6. The van der Waals surface area contributed by atoms with E-state index in [0.717, 1.165) is 17.1 Å². The zero-order chi connectivity index (χ0) is 35.8. The Morgan fingerprint density at radius 3 is 2.02 bits per heavy atom. The molecule has 0 atom stereocenters. The van der Waals surface area contributed by atoms with Crippen LogP contribution >= 0.6 is 0 Å². The third kappa shape index (κ3) is 4.80. The molecule has 9 aromatic rings. The maximum atomic E-state index is 2.51. The number of nitrogens with zero attached hydrogens (tertiary/aromatic N) is 3. The van der Waals surface area contributed by atoms with Crippen molar-refractivity contribution in [2.24, 2.45) is 0 Å². The molecular formula is C50H41N3. The van der Waals surface area contributed by atoms with Crippen LogP contribution in [0.4, 0.5) is 34.1 Å². The molecule has 0 saturated heterocycles. The monoisotopic (exact) mass is 683 g/mol. The molecule has 0 bridgehead atoms. The Bertz CT molecular complexity index is 2860. The van der Waals surface area contributed by atoms with Gasteiger partial charge in [0.2, 0.25) is 0 Å².